The van der Waals surface area contributed by atoms with Gasteiger partial charge in [-0.1, -0.05) is 0 Å². The number of pyridine rings is 1. The minimum absolute atomic E-state index is 0.0359. The van der Waals surface area contributed by atoms with Gasteiger partial charge in [-0.25, -0.2) is 0 Å². The van der Waals surface area contributed by atoms with Crippen LogP contribution in [-0.4, -0.2) is 21.2 Å². The quantitative estimate of drug-likeness (QED) is 0.681. The Morgan fingerprint density at radius 1 is 1.58 bits per heavy atom. The van der Waals surface area contributed by atoms with Crippen molar-refractivity contribution in [1.82, 2.24) is 4.98 Å². The van der Waals surface area contributed by atoms with E-state index in [1.165, 1.54) is 12.4 Å². The van der Waals surface area contributed by atoms with Gasteiger partial charge in [0.25, 0.3) is 0 Å². The van der Waals surface area contributed by atoms with E-state index in [1.54, 1.807) is 6.92 Å². The molecule has 1 rings (SSSR count). The van der Waals surface area contributed by atoms with Crippen LogP contribution in [0.3, 0.4) is 0 Å². The zero-order valence-corrected chi connectivity index (χ0v) is 6.61. The summed E-state index contributed by atoms with van der Waals surface area (Å²) >= 11 is 0. The zero-order valence-electron chi connectivity index (χ0n) is 6.61. The number of hydrogen-bond donors (Lipinski definition) is 2. The lowest BCUT2D eigenvalue weighted by atomic mass is 10.1. The lowest BCUT2D eigenvalue weighted by Crippen LogP contribution is -2.02. The topological polar surface area (TPSA) is 70.4 Å². The fourth-order valence-corrected chi connectivity index (χ4v) is 0.897. The summed E-state index contributed by atoms with van der Waals surface area (Å²) in [5.74, 6) is -0.890. The summed E-state index contributed by atoms with van der Waals surface area (Å²) in [6.45, 7) is 1.66. The van der Waals surface area contributed by atoms with Crippen molar-refractivity contribution in [1.29, 1.82) is 0 Å². The van der Waals surface area contributed by atoms with Crippen LogP contribution in [0, 0.1) is 6.92 Å². The fraction of sp³-hybridized carbons (Fsp3) is 0.250. The minimum atomic E-state index is -0.925. The van der Waals surface area contributed by atoms with Gasteiger partial charge in [0.2, 0.25) is 0 Å². The van der Waals surface area contributed by atoms with Gasteiger partial charge >= 0.3 is 5.97 Å². The van der Waals surface area contributed by atoms with Crippen LogP contribution in [0.4, 0.5) is 0 Å². The molecule has 4 heteroatoms. The number of aromatic hydroxyl groups is 1. The predicted octanol–water partition coefficient (Wildman–Crippen LogP) is 0.723. The number of hydrogen-bond acceptors (Lipinski definition) is 3. The molecule has 0 bridgehead atoms. The summed E-state index contributed by atoms with van der Waals surface area (Å²) in [4.78, 5) is 14.0. The molecule has 1 aromatic rings. The van der Waals surface area contributed by atoms with Gasteiger partial charge in [-0.2, -0.15) is 0 Å². The van der Waals surface area contributed by atoms with E-state index in [0.717, 1.165) is 0 Å². The van der Waals surface area contributed by atoms with Crippen LogP contribution in [0.1, 0.15) is 11.1 Å². The number of aliphatic carboxylic acids is 1. The second-order valence-electron chi connectivity index (χ2n) is 2.51. The van der Waals surface area contributed by atoms with Crippen LogP contribution in [0.25, 0.3) is 0 Å². The third-order valence-corrected chi connectivity index (χ3v) is 1.63. The van der Waals surface area contributed by atoms with Gasteiger partial charge < -0.3 is 10.2 Å². The summed E-state index contributed by atoms with van der Waals surface area (Å²) in [6, 6.07) is 0. The fourth-order valence-electron chi connectivity index (χ4n) is 0.897. The van der Waals surface area contributed by atoms with Gasteiger partial charge in [0.1, 0.15) is 5.75 Å². The van der Waals surface area contributed by atoms with Crippen molar-refractivity contribution in [2.75, 3.05) is 0 Å². The van der Waals surface area contributed by atoms with Crippen molar-refractivity contribution < 1.29 is 15.0 Å². The lowest BCUT2D eigenvalue weighted by molar-refractivity contribution is -0.136. The van der Waals surface area contributed by atoms with Crippen LogP contribution < -0.4 is 0 Å². The van der Waals surface area contributed by atoms with Crippen molar-refractivity contribution >= 4 is 5.97 Å². The highest BCUT2D eigenvalue weighted by Crippen LogP contribution is 2.17. The Morgan fingerprint density at radius 2 is 2.25 bits per heavy atom. The zero-order chi connectivity index (χ0) is 9.14. The molecule has 0 fully saturated rings. The summed E-state index contributed by atoms with van der Waals surface area (Å²) in [7, 11) is 0. The molecule has 0 aliphatic rings. The Balaban J connectivity index is 3.00. The Labute approximate surface area is 69.5 Å². The van der Waals surface area contributed by atoms with Crippen LogP contribution in [-0.2, 0) is 11.2 Å². The third-order valence-electron chi connectivity index (χ3n) is 1.63. The Bertz CT molecular complexity index is 309. The summed E-state index contributed by atoms with van der Waals surface area (Å²) < 4.78 is 0. The van der Waals surface area contributed by atoms with Crippen LogP contribution >= 0.6 is 0 Å². The van der Waals surface area contributed by atoms with E-state index >= 15 is 0 Å². The highest BCUT2D eigenvalue weighted by atomic mass is 16.4. The van der Waals surface area contributed by atoms with E-state index in [2.05, 4.69) is 4.98 Å². The lowest BCUT2D eigenvalue weighted by Gasteiger charge is -2.02. The Hall–Kier alpha value is -1.58. The molecule has 0 amide bonds. The molecule has 2 N–H and O–H groups in total. The summed E-state index contributed by atoms with van der Waals surface area (Å²) in [5.41, 5.74) is 1.12. The molecular formula is C8H9NO3. The highest BCUT2D eigenvalue weighted by molar-refractivity contribution is 5.70. The SMILES string of the molecule is Cc1c(O)cncc1CC(=O)O. The standard InChI is InChI=1S/C8H9NO3/c1-5-6(2-8(11)12)3-9-4-7(5)10/h3-4,10H,2H2,1H3,(H,11,12). The first-order chi connectivity index (χ1) is 5.61. The van der Waals surface area contributed by atoms with E-state index in [1.807, 2.05) is 0 Å². The molecule has 64 valence electrons. The predicted molar refractivity (Wildman–Crippen MR) is 42.0 cm³/mol. The molecule has 0 saturated carbocycles. The largest absolute Gasteiger partial charge is 0.506 e. The molecule has 12 heavy (non-hydrogen) atoms. The Morgan fingerprint density at radius 3 is 2.83 bits per heavy atom. The van der Waals surface area contributed by atoms with Crippen LogP contribution in [0.2, 0.25) is 0 Å². The second kappa shape index (κ2) is 3.21. The number of carboxylic acids is 1. The molecule has 0 aliphatic carbocycles. The molecule has 1 aromatic heterocycles. The molecule has 0 unspecified atom stereocenters. The smallest absolute Gasteiger partial charge is 0.307 e. The summed E-state index contributed by atoms with van der Waals surface area (Å²) in [6.07, 6.45) is 2.64. The molecule has 0 spiro atoms. The van der Waals surface area contributed by atoms with Gasteiger partial charge in [0.15, 0.2) is 0 Å². The Kier molecular flexibility index (Phi) is 2.28. The molecule has 1 heterocycles. The van der Waals surface area contributed by atoms with Crippen molar-refractivity contribution in [3.63, 3.8) is 0 Å². The van der Waals surface area contributed by atoms with Crippen LogP contribution in [0.5, 0.6) is 5.75 Å². The molecule has 4 nitrogen and oxygen atoms in total. The first kappa shape index (κ1) is 8.52. The highest BCUT2D eigenvalue weighted by Gasteiger charge is 2.06. The third kappa shape index (κ3) is 1.72. The maximum atomic E-state index is 10.3. The van der Waals surface area contributed by atoms with E-state index in [0.29, 0.717) is 11.1 Å². The van der Waals surface area contributed by atoms with Gasteiger partial charge in [0, 0.05) is 6.20 Å². The van der Waals surface area contributed by atoms with Gasteiger partial charge in [-0.3, -0.25) is 9.78 Å². The monoisotopic (exact) mass is 167 g/mol. The first-order valence-electron chi connectivity index (χ1n) is 3.45. The maximum Gasteiger partial charge on any atom is 0.307 e. The average Bonchev–Trinajstić information content (AvgIpc) is 1.98. The number of carboxylic acid groups (broad SMARTS) is 1. The van der Waals surface area contributed by atoms with Gasteiger partial charge in [0.05, 0.1) is 12.6 Å². The van der Waals surface area contributed by atoms with E-state index in [4.69, 9.17) is 10.2 Å². The van der Waals surface area contributed by atoms with E-state index in [9.17, 15) is 4.79 Å². The number of carbonyl (C=O) groups is 1. The second-order valence-corrected chi connectivity index (χ2v) is 2.51. The number of aromatic nitrogens is 1. The molecular weight excluding hydrogens is 158 g/mol. The molecule has 0 saturated heterocycles. The molecule has 0 radical (unpaired) electrons. The van der Waals surface area contributed by atoms with Crippen LogP contribution in [0.15, 0.2) is 12.4 Å². The van der Waals surface area contributed by atoms with Gasteiger partial charge in [-0.15, -0.1) is 0 Å². The van der Waals surface area contributed by atoms with Crippen molar-refractivity contribution in [3.05, 3.63) is 23.5 Å². The van der Waals surface area contributed by atoms with E-state index in [-0.39, 0.29) is 12.2 Å². The van der Waals surface area contributed by atoms with Crippen molar-refractivity contribution in [2.45, 2.75) is 13.3 Å². The maximum absolute atomic E-state index is 10.3. The van der Waals surface area contributed by atoms with E-state index < -0.39 is 5.97 Å². The normalized spacial score (nSPS) is 9.75. The average molecular weight is 167 g/mol. The summed E-state index contributed by atoms with van der Waals surface area (Å²) in [5, 5.41) is 17.6. The van der Waals surface area contributed by atoms with Gasteiger partial charge in [-0.05, 0) is 18.1 Å². The molecule has 0 aliphatic heterocycles. The first-order valence-corrected chi connectivity index (χ1v) is 3.45. The molecule has 0 atom stereocenters. The van der Waals surface area contributed by atoms with Crippen molar-refractivity contribution in [3.8, 4) is 5.75 Å². The number of rotatable bonds is 2. The van der Waals surface area contributed by atoms with Crippen molar-refractivity contribution in [2.24, 2.45) is 0 Å². The molecule has 0 aromatic carbocycles. The number of nitrogens with zero attached hydrogens (tertiary/aromatic N) is 1. The minimum Gasteiger partial charge on any atom is -0.506 e.